The van der Waals surface area contributed by atoms with E-state index in [1.165, 1.54) is 6.07 Å². The summed E-state index contributed by atoms with van der Waals surface area (Å²) in [5, 5.41) is 17.5. The molecule has 0 amide bonds. The first kappa shape index (κ1) is 15.3. The smallest absolute Gasteiger partial charge is 0.870 e. The molecule has 0 aliphatic carbocycles. The summed E-state index contributed by atoms with van der Waals surface area (Å²) in [6.07, 6.45) is 0. The van der Waals surface area contributed by atoms with Crippen molar-refractivity contribution in [2.24, 2.45) is 0 Å². The normalized spacial score (nSPS) is 7.69. The van der Waals surface area contributed by atoms with Crippen molar-refractivity contribution >= 4 is 0 Å². The number of nitriles is 1. The molecule has 0 bridgehead atoms. The van der Waals surface area contributed by atoms with E-state index < -0.39 is 5.56 Å². The van der Waals surface area contributed by atoms with E-state index in [9.17, 15) is 4.79 Å². The molecule has 0 fully saturated rings. The second-order valence-electron chi connectivity index (χ2n) is 2.15. The quantitative estimate of drug-likeness (QED) is 0.443. The van der Waals surface area contributed by atoms with Gasteiger partial charge in [-0.05, 0) is 12.5 Å². The third kappa shape index (κ3) is 3.60. The summed E-state index contributed by atoms with van der Waals surface area (Å²) in [7, 11) is 0. The summed E-state index contributed by atoms with van der Waals surface area (Å²) >= 11 is 0. The summed E-state index contributed by atoms with van der Waals surface area (Å²) < 4.78 is 0. The van der Waals surface area contributed by atoms with Gasteiger partial charge in [0.05, 0.1) is 0 Å². The standard InChI is InChI=1S/C7H6N2O2.K.H2O/c1-4-2-6(10)9-7(11)5(4)3-8;;/h2H,1H3,(H2,9,10,11);;1H2/q;+1;/p-1. The van der Waals surface area contributed by atoms with Crippen LogP contribution in [-0.4, -0.2) is 15.6 Å². The maximum Gasteiger partial charge on any atom is 1.00 e. The first-order valence-electron chi connectivity index (χ1n) is 2.98. The van der Waals surface area contributed by atoms with Crippen molar-refractivity contribution in [1.82, 2.24) is 4.98 Å². The summed E-state index contributed by atoms with van der Waals surface area (Å²) in [6, 6.07) is 3.03. The number of H-pyrrole nitrogens is 1. The topological polar surface area (TPSA) is 107 Å². The summed E-state index contributed by atoms with van der Waals surface area (Å²) in [5.74, 6) is -0.363. The van der Waals surface area contributed by atoms with Gasteiger partial charge in [-0.1, -0.05) is 0 Å². The Morgan fingerprint density at radius 3 is 2.54 bits per heavy atom. The van der Waals surface area contributed by atoms with Crippen LogP contribution < -0.4 is 56.9 Å². The zero-order valence-electron chi connectivity index (χ0n) is 7.33. The van der Waals surface area contributed by atoms with Crippen LogP contribution in [0.5, 0.6) is 5.88 Å². The molecule has 1 aromatic rings. The molecule has 6 heteroatoms. The Morgan fingerprint density at radius 1 is 1.62 bits per heavy atom. The fraction of sp³-hybridized carbons (Fsp3) is 0.143. The van der Waals surface area contributed by atoms with Crippen LogP contribution in [0.4, 0.5) is 0 Å². The Hall–Kier alpha value is -0.164. The van der Waals surface area contributed by atoms with Gasteiger partial charge in [-0.25, -0.2) is 0 Å². The third-order valence-electron chi connectivity index (χ3n) is 1.33. The number of rotatable bonds is 0. The molecule has 3 N–H and O–H groups in total. The van der Waals surface area contributed by atoms with Crippen molar-refractivity contribution in [2.75, 3.05) is 0 Å². The van der Waals surface area contributed by atoms with Crippen molar-refractivity contribution in [3.05, 3.63) is 27.5 Å². The van der Waals surface area contributed by atoms with E-state index in [2.05, 4.69) is 4.98 Å². The van der Waals surface area contributed by atoms with Crippen molar-refractivity contribution in [1.29, 1.82) is 5.26 Å². The van der Waals surface area contributed by atoms with Crippen LogP contribution in [-0.2, 0) is 0 Å². The summed E-state index contributed by atoms with van der Waals surface area (Å²) in [6.45, 7) is 1.59. The van der Waals surface area contributed by atoms with Gasteiger partial charge in [0.25, 0.3) is 5.56 Å². The number of nitrogens with one attached hydrogen (secondary N) is 1. The maximum absolute atomic E-state index is 10.7. The predicted molar refractivity (Wildman–Crippen MR) is 40.1 cm³/mol. The van der Waals surface area contributed by atoms with Crippen molar-refractivity contribution < 1.29 is 62.0 Å². The van der Waals surface area contributed by atoms with Gasteiger partial charge in [0.15, 0.2) is 0 Å². The maximum atomic E-state index is 10.7. The Balaban J connectivity index is 0. The molecular formula is C7H7KN2O3. The molecule has 0 saturated heterocycles. The van der Waals surface area contributed by atoms with Crippen LogP contribution in [0.25, 0.3) is 0 Å². The monoisotopic (exact) mass is 206 g/mol. The van der Waals surface area contributed by atoms with Crippen LogP contribution in [0, 0.1) is 18.3 Å². The van der Waals surface area contributed by atoms with Gasteiger partial charge < -0.3 is 10.6 Å². The molecule has 64 valence electrons. The van der Waals surface area contributed by atoms with Gasteiger partial charge in [0.1, 0.15) is 11.6 Å². The minimum Gasteiger partial charge on any atom is -0.870 e. The van der Waals surface area contributed by atoms with Gasteiger partial charge in [0, 0.05) is 6.07 Å². The molecule has 0 aliphatic heterocycles. The molecule has 0 atom stereocenters. The number of nitrogens with zero attached hydrogens (tertiary/aromatic N) is 1. The molecular weight excluding hydrogens is 199 g/mol. The molecule has 1 heterocycles. The van der Waals surface area contributed by atoms with Gasteiger partial charge in [-0.15, -0.1) is 0 Å². The summed E-state index contributed by atoms with van der Waals surface area (Å²) in [4.78, 5) is 12.8. The van der Waals surface area contributed by atoms with Crippen LogP contribution in [0.3, 0.4) is 0 Å². The van der Waals surface area contributed by atoms with Crippen LogP contribution >= 0.6 is 0 Å². The SMILES string of the molecule is Cc1cc(=O)[nH]c(O)c1C#N.[K+].[OH-]. The van der Waals surface area contributed by atoms with Crippen LogP contribution in [0.1, 0.15) is 11.1 Å². The van der Waals surface area contributed by atoms with E-state index >= 15 is 0 Å². The number of aromatic amines is 1. The Bertz CT molecular complexity index is 354. The van der Waals surface area contributed by atoms with Crippen LogP contribution in [0.15, 0.2) is 10.9 Å². The van der Waals surface area contributed by atoms with Crippen LogP contribution in [0.2, 0.25) is 0 Å². The van der Waals surface area contributed by atoms with E-state index in [1.807, 2.05) is 0 Å². The minimum absolute atomic E-state index is 0. The van der Waals surface area contributed by atoms with Gasteiger partial charge in [0.2, 0.25) is 5.88 Å². The second kappa shape index (κ2) is 6.31. The first-order chi connectivity index (χ1) is 5.15. The number of hydrogen-bond donors (Lipinski definition) is 2. The molecule has 5 nitrogen and oxygen atoms in total. The molecule has 1 rings (SSSR count). The van der Waals surface area contributed by atoms with E-state index in [0.29, 0.717) is 5.56 Å². The number of hydrogen-bond acceptors (Lipinski definition) is 4. The van der Waals surface area contributed by atoms with Gasteiger partial charge in [-0.2, -0.15) is 5.26 Å². The fourth-order valence-electron chi connectivity index (χ4n) is 0.812. The Labute approximate surface area is 117 Å². The molecule has 0 aromatic carbocycles. The molecule has 0 unspecified atom stereocenters. The minimum atomic E-state index is -0.404. The van der Waals surface area contributed by atoms with E-state index in [-0.39, 0.29) is 68.3 Å². The third-order valence-corrected chi connectivity index (χ3v) is 1.33. The second-order valence-corrected chi connectivity index (χ2v) is 2.15. The zero-order chi connectivity index (χ0) is 8.43. The Kier molecular flexibility index (Phi) is 7.44. The fourth-order valence-corrected chi connectivity index (χ4v) is 0.812. The number of aromatic nitrogens is 1. The van der Waals surface area contributed by atoms with E-state index in [0.717, 1.165) is 0 Å². The van der Waals surface area contributed by atoms with Gasteiger partial charge in [-0.3, -0.25) is 9.78 Å². The first-order valence-corrected chi connectivity index (χ1v) is 2.98. The predicted octanol–water partition coefficient (Wildman–Crippen LogP) is -2.91. The van der Waals surface area contributed by atoms with Crippen molar-refractivity contribution in [2.45, 2.75) is 6.92 Å². The molecule has 0 radical (unpaired) electrons. The van der Waals surface area contributed by atoms with E-state index in [4.69, 9.17) is 10.4 Å². The average molecular weight is 206 g/mol. The summed E-state index contributed by atoms with van der Waals surface area (Å²) in [5.41, 5.74) is 0.192. The molecule has 1 aromatic heterocycles. The molecule has 0 aliphatic rings. The molecule has 0 saturated carbocycles. The zero-order valence-corrected chi connectivity index (χ0v) is 10.5. The van der Waals surface area contributed by atoms with Crippen molar-refractivity contribution in [3.63, 3.8) is 0 Å². The largest absolute Gasteiger partial charge is 1.00 e. The average Bonchev–Trinajstić information content (AvgIpc) is 1.85. The number of aryl methyl sites for hydroxylation is 1. The molecule has 13 heavy (non-hydrogen) atoms. The van der Waals surface area contributed by atoms with Crippen molar-refractivity contribution in [3.8, 4) is 11.9 Å². The van der Waals surface area contributed by atoms with E-state index in [1.54, 1.807) is 13.0 Å². The van der Waals surface area contributed by atoms with Gasteiger partial charge >= 0.3 is 51.4 Å². The molecule has 0 spiro atoms. The Morgan fingerprint density at radius 2 is 2.15 bits per heavy atom. The number of aromatic hydroxyl groups is 1. The number of pyridine rings is 1.